The molecule has 1 N–H and O–H groups in total. The van der Waals surface area contributed by atoms with Gasteiger partial charge in [0.25, 0.3) is 0 Å². The normalized spacial score (nSPS) is 33.9. The summed E-state index contributed by atoms with van der Waals surface area (Å²) in [5.74, 6) is 0.0386. The highest BCUT2D eigenvalue weighted by Gasteiger charge is 2.59. The molecule has 6 heteroatoms. The number of nitrogens with one attached hydrogen (secondary N) is 1. The monoisotopic (exact) mass is 303 g/mol. The third kappa shape index (κ3) is 1.73. The van der Waals surface area contributed by atoms with E-state index in [0.29, 0.717) is 25.8 Å². The molecule has 3 saturated carbocycles. The van der Waals surface area contributed by atoms with E-state index in [0.717, 1.165) is 37.1 Å². The Hall–Kier alpha value is -1.69. The van der Waals surface area contributed by atoms with Gasteiger partial charge in [0.05, 0.1) is 23.2 Å². The van der Waals surface area contributed by atoms with Crippen molar-refractivity contribution in [2.24, 2.45) is 5.41 Å². The van der Waals surface area contributed by atoms with Gasteiger partial charge < -0.3 is 9.64 Å². The molecule has 1 aliphatic heterocycles. The summed E-state index contributed by atoms with van der Waals surface area (Å²) in [6.45, 7) is 0.676. The minimum atomic E-state index is -0.827. The van der Waals surface area contributed by atoms with E-state index in [2.05, 4.69) is 10.2 Å². The molecule has 3 fully saturated rings. The fourth-order valence-corrected chi connectivity index (χ4v) is 4.39. The quantitative estimate of drug-likeness (QED) is 0.842. The number of aromatic nitrogens is 2. The molecule has 0 saturated heterocycles. The number of ether oxygens (including phenoxy) is 1. The molecule has 0 atom stereocenters. The number of amides is 1. The van der Waals surface area contributed by atoms with Crippen LogP contribution < -0.4 is 4.90 Å². The first-order chi connectivity index (χ1) is 10.6. The first kappa shape index (κ1) is 13.9. The second-order valence-corrected chi connectivity index (χ2v) is 6.86. The molecule has 0 radical (unpaired) electrons. The molecule has 6 nitrogen and oxygen atoms in total. The van der Waals surface area contributed by atoms with Gasteiger partial charge in [-0.2, -0.15) is 5.10 Å². The molecule has 2 heterocycles. The maximum Gasteiger partial charge on any atom is 0.240 e. The van der Waals surface area contributed by atoms with E-state index in [1.807, 2.05) is 0 Å². The van der Waals surface area contributed by atoms with Crippen LogP contribution in [-0.2, 0) is 20.7 Å². The standard InChI is InChI=1S/C16H21N3O3/c1-22-15-4-6-16(7-5-15,13(20)9-15)14(21)19-8-2-3-11-12(19)10-17-18-11/h10H,2-9H2,1H3,(H,17,18). The van der Waals surface area contributed by atoms with Crippen molar-refractivity contribution in [1.82, 2.24) is 10.2 Å². The smallest absolute Gasteiger partial charge is 0.240 e. The van der Waals surface area contributed by atoms with Gasteiger partial charge in [0.1, 0.15) is 5.41 Å². The number of methoxy groups -OCH3 is 1. The van der Waals surface area contributed by atoms with Gasteiger partial charge in [-0.05, 0) is 38.5 Å². The molecule has 22 heavy (non-hydrogen) atoms. The summed E-state index contributed by atoms with van der Waals surface area (Å²) in [5.41, 5.74) is 0.711. The van der Waals surface area contributed by atoms with Crippen LogP contribution in [0.25, 0.3) is 0 Å². The topological polar surface area (TPSA) is 75.3 Å². The van der Waals surface area contributed by atoms with Crippen LogP contribution in [-0.4, -0.2) is 41.1 Å². The molecule has 0 spiro atoms. The van der Waals surface area contributed by atoms with Crippen LogP contribution in [0.15, 0.2) is 6.20 Å². The zero-order valence-electron chi connectivity index (χ0n) is 12.9. The molecule has 2 bridgehead atoms. The van der Waals surface area contributed by atoms with Gasteiger partial charge in [-0.1, -0.05) is 0 Å². The zero-order valence-corrected chi connectivity index (χ0v) is 12.9. The number of carbonyl (C=O) groups is 2. The van der Waals surface area contributed by atoms with Crippen molar-refractivity contribution in [3.8, 4) is 0 Å². The number of aryl methyl sites for hydroxylation is 1. The minimum absolute atomic E-state index is 0.0238. The summed E-state index contributed by atoms with van der Waals surface area (Å²) < 4.78 is 5.59. The first-order valence-corrected chi connectivity index (χ1v) is 8.03. The van der Waals surface area contributed by atoms with E-state index in [-0.39, 0.29) is 17.3 Å². The molecule has 3 aliphatic carbocycles. The van der Waals surface area contributed by atoms with Crippen molar-refractivity contribution >= 4 is 17.4 Å². The molecular formula is C16H21N3O3. The highest BCUT2D eigenvalue weighted by Crippen LogP contribution is 2.53. The number of Topliss-reactive ketones (excluding diaryl/α,β-unsaturated/α-hetero) is 1. The number of ketones is 1. The van der Waals surface area contributed by atoms with E-state index in [1.54, 1.807) is 18.2 Å². The first-order valence-electron chi connectivity index (χ1n) is 8.03. The van der Waals surface area contributed by atoms with Gasteiger partial charge in [0.15, 0.2) is 5.78 Å². The second-order valence-electron chi connectivity index (χ2n) is 6.86. The van der Waals surface area contributed by atoms with Gasteiger partial charge >= 0.3 is 0 Å². The lowest BCUT2D eigenvalue weighted by atomic mass is 9.57. The van der Waals surface area contributed by atoms with Crippen LogP contribution >= 0.6 is 0 Å². The summed E-state index contributed by atoms with van der Waals surface area (Å²) in [5, 5.41) is 7.02. The number of nitrogens with zero attached hydrogens (tertiary/aromatic N) is 2. The summed E-state index contributed by atoms with van der Waals surface area (Å²) in [7, 11) is 1.68. The Morgan fingerprint density at radius 1 is 1.36 bits per heavy atom. The molecule has 4 aliphatic rings. The predicted molar refractivity (Wildman–Crippen MR) is 79.5 cm³/mol. The van der Waals surface area contributed by atoms with E-state index in [4.69, 9.17) is 4.74 Å². The van der Waals surface area contributed by atoms with E-state index >= 15 is 0 Å². The Labute approximate surface area is 129 Å². The third-order valence-electron chi connectivity index (χ3n) is 5.91. The third-order valence-corrected chi connectivity index (χ3v) is 5.91. The number of rotatable bonds is 2. The summed E-state index contributed by atoms with van der Waals surface area (Å²) in [6.07, 6.45) is 6.73. The van der Waals surface area contributed by atoms with E-state index < -0.39 is 5.41 Å². The molecule has 1 aromatic rings. The fraction of sp³-hybridized carbons (Fsp3) is 0.688. The van der Waals surface area contributed by atoms with Crippen molar-refractivity contribution in [2.75, 3.05) is 18.6 Å². The number of anilines is 1. The minimum Gasteiger partial charge on any atom is -0.378 e. The van der Waals surface area contributed by atoms with Gasteiger partial charge in [-0.15, -0.1) is 0 Å². The molecule has 0 unspecified atom stereocenters. The molecule has 0 aromatic carbocycles. The summed E-state index contributed by atoms with van der Waals surface area (Å²) in [6, 6.07) is 0. The number of hydrogen-bond acceptors (Lipinski definition) is 4. The van der Waals surface area contributed by atoms with Crippen molar-refractivity contribution in [3.05, 3.63) is 11.9 Å². The van der Waals surface area contributed by atoms with Gasteiger partial charge in [-0.3, -0.25) is 14.7 Å². The molecule has 1 aromatic heterocycles. The lowest BCUT2D eigenvalue weighted by Gasteiger charge is -2.51. The lowest BCUT2D eigenvalue weighted by molar-refractivity contribution is -0.165. The Balaban J connectivity index is 1.66. The number of hydrogen-bond donors (Lipinski definition) is 1. The van der Waals surface area contributed by atoms with Gasteiger partial charge in [0.2, 0.25) is 5.91 Å². The average molecular weight is 303 g/mol. The van der Waals surface area contributed by atoms with Gasteiger partial charge in [0, 0.05) is 20.1 Å². The van der Waals surface area contributed by atoms with Gasteiger partial charge in [-0.25, -0.2) is 0 Å². The zero-order chi connectivity index (χ0) is 15.4. The Morgan fingerprint density at radius 2 is 2.14 bits per heavy atom. The Bertz CT molecular complexity index is 628. The maximum absolute atomic E-state index is 13.2. The fourth-order valence-electron chi connectivity index (χ4n) is 4.39. The highest BCUT2D eigenvalue weighted by molar-refractivity contribution is 6.13. The van der Waals surface area contributed by atoms with Crippen LogP contribution in [0.1, 0.15) is 44.2 Å². The second kappa shape index (κ2) is 4.65. The number of H-pyrrole nitrogens is 1. The number of carbonyl (C=O) groups excluding carboxylic acids is 2. The Kier molecular flexibility index (Phi) is 2.95. The van der Waals surface area contributed by atoms with E-state index in [1.165, 1.54) is 0 Å². The van der Waals surface area contributed by atoms with Crippen LogP contribution in [0.3, 0.4) is 0 Å². The van der Waals surface area contributed by atoms with E-state index in [9.17, 15) is 9.59 Å². The molecule has 118 valence electrons. The van der Waals surface area contributed by atoms with Crippen molar-refractivity contribution in [3.63, 3.8) is 0 Å². The highest BCUT2D eigenvalue weighted by atomic mass is 16.5. The number of fused-ring (bicyclic) bond motifs is 4. The summed E-state index contributed by atoms with van der Waals surface area (Å²) in [4.78, 5) is 27.7. The SMILES string of the molecule is COC12CCC(C(=O)N3CCCc4[nH]ncc43)(CC1)C(=O)C2. The molecule has 5 rings (SSSR count). The van der Waals surface area contributed by atoms with Crippen LogP contribution in [0.5, 0.6) is 0 Å². The average Bonchev–Trinajstić information content (AvgIpc) is 3.04. The number of aromatic amines is 1. The van der Waals surface area contributed by atoms with Crippen molar-refractivity contribution < 1.29 is 14.3 Å². The lowest BCUT2D eigenvalue weighted by Crippen LogP contribution is -2.60. The molecular weight excluding hydrogens is 282 g/mol. The Morgan fingerprint density at radius 3 is 2.82 bits per heavy atom. The largest absolute Gasteiger partial charge is 0.378 e. The van der Waals surface area contributed by atoms with Crippen LogP contribution in [0.2, 0.25) is 0 Å². The maximum atomic E-state index is 13.2. The van der Waals surface area contributed by atoms with Crippen molar-refractivity contribution in [2.45, 2.75) is 50.5 Å². The van der Waals surface area contributed by atoms with Crippen molar-refractivity contribution in [1.29, 1.82) is 0 Å². The van der Waals surface area contributed by atoms with Crippen LogP contribution in [0, 0.1) is 5.41 Å². The molecule has 1 amide bonds. The summed E-state index contributed by atoms with van der Waals surface area (Å²) >= 11 is 0. The predicted octanol–water partition coefficient (Wildman–Crippen LogP) is 1.61. The van der Waals surface area contributed by atoms with Crippen LogP contribution in [0.4, 0.5) is 5.69 Å².